The number of ether oxygens (including phenoxy) is 2. The molecule has 0 aliphatic heterocycles. The first-order chi connectivity index (χ1) is 15.7. The van der Waals surface area contributed by atoms with Gasteiger partial charge in [0.05, 0.1) is 6.61 Å². The Morgan fingerprint density at radius 3 is 1.77 bits per heavy atom. The highest BCUT2D eigenvalue weighted by atomic mass is 32.2. The van der Waals surface area contributed by atoms with Crippen molar-refractivity contribution >= 4 is 22.0 Å². The van der Waals surface area contributed by atoms with E-state index in [2.05, 4.69) is 16.1 Å². The molecule has 0 aromatic rings. The number of hydrogen-bond acceptors (Lipinski definition) is 6. The molecule has 17 heteroatoms. The van der Waals surface area contributed by atoms with Crippen LogP contribution in [0.15, 0.2) is 12.4 Å². The van der Waals surface area contributed by atoms with Crippen molar-refractivity contribution in [3.63, 3.8) is 0 Å². The number of hydrogen-bond donors (Lipinski definition) is 1. The highest BCUT2D eigenvalue weighted by molar-refractivity contribution is 7.87. The highest BCUT2D eigenvalue weighted by Crippen LogP contribution is 2.42. The first kappa shape index (κ1) is 33.0. The van der Waals surface area contributed by atoms with Gasteiger partial charge < -0.3 is 14.4 Å². The predicted molar refractivity (Wildman–Crippen MR) is 104 cm³/mol. The normalized spacial score (nSPS) is 14.8. The molecule has 0 saturated carbocycles. The summed E-state index contributed by atoms with van der Waals surface area (Å²) in [5.74, 6) is -17.2. The summed E-state index contributed by atoms with van der Waals surface area (Å²) in [6.07, 6.45) is -7.55. The van der Waals surface area contributed by atoms with Crippen molar-refractivity contribution in [3.05, 3.63) is 12.4 Å². The van der Waals surface area contributed by atoms with Crippen LogP contribution in [0.4, 0.5) is 35.1 Å². The van der Waals surface area contributed by atoms with Crippen molar-refractivity contribution in [1.82, 2.24) is 4.90 Å². The summed E-state index contributed by atoms with van der Waals surface area (Å²) in [7, 11) is -6.72. The molecule has 0 bridgehead atoms. The largest absolute Gasteiger partial charge is 0.466 e. The summed E-state index contributed by atoms with van der Waals surface area (Å²) >= 11 is 0. The maximum Gasteiger partial charge on any atom is 0.466 e. The van der Waals surface area contributed by atoms with E-state index in [1.54, 1.807) is 13.8 Å². The van der Waals surface area contributed by atoms with E-state index in [9.17, 15) is 53.1 Å². The Morgan fingerprint density at radius 1 is 0.971 bits per heavy atom. The molecule has 0 aliphatic carbocycles. The van der Waals surface area contributed by atoms with Gasteiger partial charge in [-0.15, -0.1) is 0 Å². The molecule has 0 aromatic carbocycles. The minimum absolute atomic E-state index is 0.131. The second-order valence-electron chi connectivity index (χ2n) is 7.20. The molecule has 0 saturated heterocycles. The third kappa shape index (κ3) is 7.99. The van der Waals surface area contributed by atoms with Crippen LogP contribution in [0.1, 0.15) is 46.0 Å². The smallest absolute Gasteiger partial charge is 0.410 e. The second kappa shape index (κ2) is 12.3. The van der Waals surface area contributed by atoms with Crippen molar-refractivity contribution in [1.29, 1.82) is 0 Å². The van der Waals surface area contributed by atoms with Crippen LogP contribution in [0.5, 0.6) is 0 Å². The maximum atomic E-state index is 14.0. The number of rotatable bonds is 15. The van der Waals surface area contributed by atoms with Crippen molar-refractivity contribution in [2.24, 2.45) is 0 Å². The Hall–Kier alpha value is -2.01. The molecule has 1 unspecified atom stereocenters. The Balaban J connectivity index is 6.40. The van der Waals surface area contributed by atoms with Crippen molar-refractivity contribution < 1.29 is 67.2 Å². The van der Waals surface area contributed by atoms with Gasteiger partial charge in [-0.2, -0.15) is 43.5 Å². The summed E-state index contributed by atoms with van der Waals surface area (Å²) in [6.45, 7) is 2.76. The number of esters is 1. The topological polar surface area (TPSA) is 110 Å². The lowest BCUT2D eigenvalue weighted by Crippen LogP contribution is -2.63. The molecule has 1 atom stereocenters. The lowest BCUT2D eigenvalue weighted by molar-refractivity contribution is -0.353. The van der Waals surface area contributed by atoms with Gasteiger partial charge in [-0.3, -0.25) is 9.35 Å². The van der Waals surface area contributed by atoms with Crippen LogP contribution in [-0.4, -0.2) is 72.6 Å². The monoisotopic (exact) mass is 551 g/mol. The zero-order chi connectivity index (χ0) is 27.9. The summed E-state index contributed by atoms with van der Waals surface area (Å²) in [6, 6.07) is 0. The Kier molecular flexibility index (Phi) is 11.6. The van der Waals surface area contributed by atoms with Gasteiger partial charge in [-0.1, -0.05) is 33.3 Å². The van der Waals surface area contributed by atoms with Crippen LogP contribution in [0.2, 0.25) is 0 Å². The van der Waals surface area contributed by atoms with E-state index in [1.165, 1.54) is 0 Å². The molecule has 0 aliphatic rings. The summed E-state index contributed by atoms with van der Waals surface area (Å²) in [5, 5.41) is -6.15. The number of carbonyl (C=O) groups excluding carboxylic acids is 2. The standard InChI is InChI=1S/C18H25F8NO7S/c1-4-6-9-27(10-7-5-2)14(29)16(17(22,23)24,34-13(28)12(3)19)33-11-8-15(20,21)18(25,26)35(30,31)32/h3-11H2,1-2H3,(H,30,31,32). The molecule has 35 heavy (non-hydrogen) atoms. The van der Waals surface area contributed by atoms with E-state index in [0.717, 1.165) is 0 Å². The highest BCUT2D eigenvalue weighted by Gasteiger charge is 2.69. The van der Waals surface area contributed by atoms with Gasteiger partial charge in [-0.05, 0) is 12.8 Å². The van der Waals surface area contributed by atoms with E-state index in [0.29, 0.717) is 17.7 Å². The minimum atomic E-state index is -6.72. The predicted octanol–water partition coefficient (Wildman–Crippen LogP) is 4.22. The van der Waals surface area contributed by atoms with E-state index in [4.69, 9.17) is 4.55 Å². The molecule has 0 heterocycles. The van der Waals surface area contributed by atoms with Crippen LogP contribution >= 0.6 is 0 Å². The van der Waals surface area contributed by atoms with Crippen molar-refractivity contribution in [2.75, 3.05) is 19.7 Å². The fourth-order valence-corrected chi connectivity index (χ4v) is 2.94. The van der Waals surface area contributed by atoms with Crippen LogP contribution in [-0.2, 0) is 29.2 Å². The average Bonchev–Trinajstić information content (AvgIpc) is 2.70. The molecule has 0 spiro atoms. The van der Waals surface area contributed by atoms with E-state index < -0.39 is 64.0 Å². The SMILES string of the molecule is C=C(F)C(=O)OC(OCCC(F)(F)C(F)(F)S(=O)(=O)O)(C(=O)N(CCCC)CCCC)C(F)(F)F. The fourth-order valence-electron chi connectivity index (χ4n) is 2.46. The number of nitrogens with zero attached hydrogens (tertiary/aromatic N) is 1. The van der Waals surface area contributed by atoms with Gasteiger partial charge in [-0.25, -0.2) is 4.79 Å². The summed E-state index contributed by atoms with van der Waals surface area (Å²) < 4.78 is 147. The van der Waals surface area contributed by atoms with E-state index in [1.807, 2.05) is 0 Å². The third-order valence-electron chi connectivity index (χ3n) is 4.43. The molecular formula is C18H25F8NO7S. The molecule has 0 radical (unpaired) electrons. The first-order valence-corrected chi connectivity index (χ1v) is 11.5. The minimum Gasteiger partial charge on any atom is -0.410 e. The third-order valence-corrected chi connectivity index (χ3v) is 5.38. The molecular weight excluding hydrogens is 526 g/mol. The van der Waals surface area contributed by atoms with E-state index >= 15 is 0 Å². The fraction of sp³-hybridized carbons (Fsp3) is 0.778. The number of halogens is 8. The molecule has 0 rings (SSSR count). The summed E-state index contributed by atoms with van der Waals surface area (Å²) in [5.41, 5.74) is 0. The molecule has 1 amide bonds. The zero-order valence-corrected chi connectivity index (χ0v) is 19.5. The quantitative estimate of drug-likeness (QED) is 0.107. The number of unbranched alkanes of at least 4 members (excludes halogenated alkanes) is 2. The molecule has 206 valence electrons. The zero-order valence-electron chi connectivity index (χ0n) is 18.6. The van der Waals surface area contributed by atoms with Crippen molar-refractivity contribution in [2.45, 2.75) is 69.1 Å². The maximum absolute atomic E-state index is 14.0. The van der Waals surface area contributed by atoms with Gasteiger partial charge >= 0.3 is 45.1 Å². The van der Waals surface area contributed by atoms with Crippen LogP contribution in [0.25, 0.3) is 0 Å². The molecule has 0 aromatic heterocycles. The Labute approximate surface area is 196 Å². The van der Waals surface area contributed by atoms with Crippen molar-refractivity contribution in [3.8, 4) is 0 Å². The molecule has 8 nitrogen and oxygen atoms in total. The average molecular weight is 551 g/mol. The van der Waals surface area contributed by atoms with Crippen LogP contribution in [0.3, 0.4) is 0 Å². The second-order valence-corrected chi connectivity index (χ2v) is 8.67. The lowest BCUT2D eigenvalue weighted by Gasteiger charge is -2.37. The number of carbonyl (C=O) groups is 2. The van der Waals surface area contributed by atoms with Gasteiger partial charge in [0.15, 0.2) is 0 Å². The first-order valence-electron chi connectivity index (χ1n) is 10.0. The van der Waals surface area contributed by atoms with Gasteiger partial charge in [0.2, 0.25) is 5.83 Å². The van der Waals surface area contributed by atoms with Gasteiger partial charge in [0, 0.05) is 19.5 Å². The summed E-state index contributed by atoms with van der Waals surface area (Å²) in [4.78, 5) is 25.0. The number of amides is 1. The van der Waals surface area contributed by atoms with Crippen LogP contribution in [0, 0.1) is 0 Å². The van der Waals surface area contributed by atoms with Gasteiger partial charge in [0.1, 0.15) is 0 Å². The number of alkyl halides is 7. The molecule has 0 fully saturated rings. The van der Waals surface area contributed by atoms with Crippen LogP contribution < -0.4 is 0 Å². The Morgan fingerprint density at radius 2 is 1.43 bits per heavy atom. The van der Waals surface area contributed by atoms with Gasteiger partial charge in [0.25, 0.3) is 0 Å². The van der Waals surface area contributed by atoms with E-state index in [-0.39, 0.29) is 25.9 Å². The Bertz CT molecular complexity index is 855. The molecule has 1 N–H and O–H groups in total. The lowest BCUT2D eigenvalue weighted by atomic mass is 10.1.